The monoisotopic (exact) mass is 323 g/mol. The van der Waals surface area contributed by atoms with Crippen molar-refractivity contribution in [2.45, 2.75) is 19.3 Å². The fourth-order valence-corrected chi connectivity index (χ4v) is 3.10. The molecule has 2 aromatic carbocycles. The van der Waals surface area contributed by atoms with Crippen molar-refractivity contribution in [2.24, 2.45) is 5.73 Å². The van der Waals surface area contributed by atoms with Gasteiger partial charge in [0.1, 0.15) is 5.75 Å². The first-order chi connectivity index (χ1) is 10.3. The Balaban J connectivity index is 0.000000774. The lowest BCUT2D eigenvalue weighted by Gasteiger charge is -2.15. The molecular formula is C17H19Cl2NO. The second-order valence-electron chi connectivity index (χ2n) is 4.70. The molecule has 1 aliphatic heterocycles. The number of benzene rings is 2. The highest BCUT2D eigenvalue weighted by Gasteiger charge is 2.17. The summed E-state index contributed by atoms with van der Waals surface area (Å²) >= 11 is 12.6. The standard InChI is InChI=1S/C16H14Cl2O.CH5N/c17-13-8-4-9-14(18)15(13)12-7-3-6-11-5-1-2-10-19-16(11)12;1-2/h3-4,6-9H,1-2,5,10H2;2H2,1H3. The molecule has 2 aromatic rings. The number of para-hydroxylation sites is 1. The van der Waals surface area contributed by atoms with E-state index in [0.717, 1.165) is 42.7 Å². The zero-order valence-corrected chi connectivity index (χ0v) is 13.5. The molecule has 0 fully saturated rings. The predicted octanol–water partition coefficient (Wildman–Crippen LogP) is 4.95. The van der Waals surface area contributed by atoms with E-state index in [2.05, 4.69) is 11.8 Å². The maximum atomic E-state index is 6.31. The number of nitrogens with two attached hydrogens (primary N) is 1. The topological polar surface area (TPSA) is 35.2 Å². The first-order valence-electron chi connectivity index (χ1n) is 7.04. The van der Waals surface area contributed by atoms with E-state index in [1.807, 2.05) is 30.3 Å². The van der Waals surface area contributed by atoms with Gasteiger partial charge in [0.2, 0.25) is 0 Å². The molecule has 0 bridgehead atoms. The van der Waals surface area contributed by atoms with E-state index in [1.165, 1.54) is 12.6 Å². The van der Waals surface area contributed by atoms with E-state index < -0.39 is 0 Å². The Labute approximate surface area is 135 Å². The maximum Gasteiger partial charge on any atom is 0.130 e. The molecule has 1 heterocycles. The van der Waals surface area contributed by atoms with Gasteiger partial charge in [-0.05, 0) is 44.0 Å². The summed E-state index contributed by atoms with van der Waals surface area (Å²) in [7, 11) is 1.50. The summed E-state index contributed by atoms with van der Waals surface area (Å²) in [5.41, 5.74) is 7.60. The second kappa shape index (κ2) is 7.69. The fraction of sp³-hybridized carbons (Fsp3) is 0.294. The van der Waals surface area contributed by atoms with Gasteiger partial charge in [-0.15, -0.1) is 0 Å². The van der Waals surface area contributed by atoms with E-state index in [0.29, 0.717) is 10.0 Å². The summed E-state index contributed by atoms with van der Waals surface area (Å²) < 4.78 is 5.93. The number of hydrogen-bond donors (Lipinski definition) is 1. The number of rotatable bonds is 1. The zero-order chi connectivity index (χ0) is 15.2. The smallest absolute Gasteiger partial charge is 0.130 e. The van der Waals surface area contributed by atoms with E-state index in [9.17, 15) is 0 Å². The van der Waals surface area contributed by atoms with Crippen LogP contribution in [0.4, 0.5) is 0 Å². The van der Waals surface area contributed by atoms with Gasteiger partial charge in [-0.25, -0.2) is 0 Å². The summed E-state index contributed by atoms with van der Waals surface area (Å²) in [5.74, 6) is 0.940. The van der Waals surface area contributed by atoms with Crippen molar-refractivity contribution in [1.82, 2.24) is 0 Å². The summed E-state index contributed by atoms with van der Waals surface area (Å²) in [6.07, 6.45) is 3.29. The Kier molecular flexibility index (Phi) is 5.92. The highest BCUT2D eigenvalue weighted by molar-refractivity contribution is 6.39. The van der Waals surface area contributed by atoms with E-state index in [-0.39, 0.29) is 0 Å². The zero-order valence-electron chi connectivity index (χ0n) is 12.0. The van der Waals surface area contributed by atoms with Crippen LogP contribution >= 0.6 is 23.2 Å². The Morgan fingerprint density at radius 2 is 1.62 bits per heavy atom. The van der Waals surface area contributed by atoms with Crippen LogP contribution in [-0.2, 0) is 6.42 Å². The van der Waals surface area contributed by atoms with Crippen molar-refractivity contribution >= 4 is 23.2 Å². The molecule has 1 aliphatic rings. The van der Waals surface area contributed by atoms with Crippen molar-refractivity contribution in [3.63, 3.8) is 0 Å². The first-order valence-corrected chi connectivity index (χ1v) is 7.80. The minimum atomic E-state index is 0.661. The third kappa shape index (κ3) is 3.52. The average Bonchev–Trinajstić information content (AvgIpc) is 2.75. The third-order valence-corrected chi connectivity index (χ3v) is 4.05. The summed E-state index contributed by atoms with van der Waals surface area (Å²) in [6, 6.07) is 11.8. The molecule has 3 rings (SSSR count). The molecule has 0 radical (unpaired) electrons. The quantitative estimate of drug-likeness (QED) is 0.805. The molecule has 0 spiro atoms. The second-order valence-corrected chi connectivity index (χ2v) is 5.51. The highest BCUT2D eigenvalue weighted by atomic mass is 35.5. The number of hydrogen-bond acceptors (Lipinski definition) is 2. The van der Waals surface area contributed by atoms with Crippen LogP contribution in [0.2, 0.25) is 10.0 Å². The van der Waals surface area contributed by atoms with Crippen molar-refractivity contribution in [1.29, 1.82) is 0 Å². The molecule has 0 saturated carbocycles. The summed E-state index contributed by atoms with van der Waals surface area (Å²) in [4.78, 5) is 0. The molecule has 112 valence electrons. The molecule has 0 aromatic heterocycles. The van der Waals surface area contributed by atoms with E-state index >= 15 is 0 Å². The molecule has 21 heavy (non-hydrogen) atoms. The van der Waals surface area contributed by atoms with E-state index in [4.69, 9.17) is 27.9 Å². The van der Waals surface area contributed by atoms with Crippen LogP contribution in [0.3, 0.4) is 0 Å². The van der Waals surface area contributed by atoms with Crippen molar-refractivity contribution in [2.75, 3.05) is 13.7 Å². The van der Waals surface area contributed by atoms with Crippen LogP contribution < -0.4 is 10.5 Å². The van der Waals surface area contributed by atoms with Crippen LogP contribution in [0.25, 0.3) is 11.1 Å². The third-order valence-electron chi connectivity index (χ3n) is 3.42. The lowest BCUT2D eigenvalue weighted by atomic mass is 9.99. The van der Waals surface area contributed by atoms with Crippen LogP contribution in [-0.4, -0.2) is 13.7 Å². The molecule has 0 aliphatic carbocycles. The number of halogens is 2. The van der Waals surface area contributed by atoms with Crippen molar-refractivity contribution < 1.29 is 4.74 Å². The van der Waals surface area contributed by atoms with Gasteiger partial charge in [0, 0.05) is 11.1 Å². The summed E-state index contributed by atoms with van der Waals surface area (Å²) in [6.45, 7) is 0.756. The van der Waals surface area contributed by atoms with Gasteiger partial charge in [0.15, 0.2) is 0 Å². The minimum Gasteiger partial charge on any atom is -0.493 e. The van der Waals surface area contributed by atoms with Gasteiger partial charge < -0.3 is 10.5 Å². The fourth-order valence-electron chi connectivity index (χ4n) is 2.50. The number of fused-ring (bicyclic) bond motifs is 1. The normalized spacial score (nSPS) is 13.3. The van der Waals surface area contributed by atoms with Crippen molar-refractivity contribution in [3.8, 4) is 16.9 Å². The molecule has 0 saturated heterocycles. The lowest BCUT2D eigenvalue weighted by Crippen LogP contribution is -1.97. The number of ether oxygens (including phenoxy) is 1. The molecule has 4 heteroatoms. The van der Waals surface area contributed by atoms with Gasteiger partial charge in [-0.3, -0.25) is 0 Å². The number of aryl methyl sites for hydroxylation is 1. The molecule has 0 unspecified atom stereocenters. The molecule has 0 atom stereocenters. The Bertz CT molecular complexity index is 593. The Hall–Kier alpha value is -1.22. The SMILES string of the molecule is CN.Clc1cccc(Cl)c1-c1cccc2c1OCCCC2. The summed E-state index contributed by atoms with van der Waals surface area (Å²) in [5, 5.41) is 1.32. The largest absolute Gasteiger partial charge is 0.493 e. The molecule has 0 amide bonds. The Morgan fingerprint density at radius 1 is 0.952 bits per heavy atom. The van der Waals surface area contributed by atoms with Crippen LogP contribution in [0.15, 0.2) is 36.4 Å². The van der Waals surface area contributed by atoms with Crippen LogP contribution in [0.1, 0.15) is 18.4 Å². The molecule has 2 nitrogen and oxygen atoms in total. The van der Waals surface area contributed by atoms with Gasteiger partial charge in [0.25, 0.3) is 0 Å². The molecule has 2 N–H and O–H groups in total. The van der Waals surface area contributed by atoms with Gasteiger partial charge in [-0.1, -0.05) is 47.5 Å². The lowest BCUT2D eigenvalue weighted by molar-refractivity contribution is 0.318. The predicted molar refractivity (Wildman–Crippen MR) is 90.4 cm³/mol. The van der Waals surface area contributed by atoms with Crippen LogP contribution in [0.5, 0.6) is 5.75 Å². The first kappa shape index (κ1) is 16.2. The minimum absolute atomic E-state index is 0.661. The van der Waals surface area contributed by atoms with Gasteiger partial charge in [-0.2, -0.15) is 0 Å². The van der Waals surface area contributed by atoms with Gasteiger partial charge in [0.05, 0.1) is 16.7 Å². The van der Waals surface area contributed by atoms with Gasteiger partial charge >= 0.3 is 0 Å². The van der Waals surface area contributed by atoms with Crippen molar-refractivity contribution in [3.05, 3.63) is 52.0 Å². The molecular weight excluding hydrogens is 305 g/mol. The average molecular weight is 324 g/mol. The van der Waals surface area contributed by atoms with Crippen LogP contribution in [0, 0.1) is 0 Å². The highest BCUT2D eigenvalue weighted by Crippen LogP contribution is 2.42. The Morgan fingerprint density at radius 3 is 2.33 bits per heavy atom. The van der Waals surface area contributed by atoms with E-state index in [1.54, 1.807) is 0 Å². The maximum absolute atomic E-state index is 6.31.